The Kier molecular flexibility index (Phi) is 8.05. The van der Waals surface area contributed by atoms with E-state index in [0.29, 0.717) is 29.0 Å². The van der Waals surface area contributed by atoms with Crippen molar-refractivity contribution in [1.29, 1.82) is 0 Å². The molecule has 2 atom stereocenters. The van der Waals surface area contributed by atoms with E-state index >= 15 is 0 Å². The van der Waals surface area contributed by atoms with Crippen LogP contribution in [0.3, 0.4) is 0 Å². The van der Waals surface area contributed by atoms with Crippen molar-refractivity contribution in [1.82, 2.24) is 20.3 Å². The van der Waals surface area contributed by atoms with Crippen LogP contribution < -0.4 is 5.48 Å². The Morgan fingerprint density at radius 1 is 1.03 bits per heavy atom. The Balaban J connectivity index is 1.60. The van der Waals surface area contributed by atoms with Crippen molar-refractivity contribution in [2.24, 2.45) is 0 Å². The van der Waals surface area contributed by atoms with E-state index in [1.54, 1.807) is 24.3 Å². The molecule has 1 aliphatic heterocycles. The van der Waals surface area contributed by atoms with Crippen molar-refractivity contribution < 1.29 is 14.8 Å². The van der Waals surface area contributed by atoms with Gasteiger partial charge in [0.2, 0.25) is 0 Å². The van der Waals surface area contributed by atoms with Gasteiger partial charge in [0.15, 0.2) is 5.78 Å². The zero-order chi connectivity index (χ0) is 23.1. The molecule has 1 fully saturated rings. The highest BCUT2D eigenvalue weighted by molar-refractivity contribution is 6.06. The van der Waals surface area contributed by atoms with Crippen LogP contribution in [0.2, 0.25) is 0 Å². The van der Waals surface area contributed by atoms with Crippen LogP contribution in [0.25, 0.3) is 12.2 Å². The third-order valence-corrected chi connectivity index (χ3v) is 5.79. The number of aromatic nitrogens is 1. The molecule has 0 saturated carbocycles. The highest BCUT2D eigenvalue weighted by Gasteiger charge is 2.26. The van der Waals surface area contributed by atoms with Gasteiger partial charge in [0.1, 0.15) is 0 Å². The molecule has 0 radical (unpaired) electrons. The number of piperazine rings is 1. The average molecular weight is 435 g/mol. The standard InChI is InChI=1S/C25H30N4O3/c1-18-15-29(16-19(2)28(18)3)17-20-7-9-21(10-8-20)24(30)13-11-22-5-4-6-23(26-22)12-14-25(31)27-32/h4-14,18-19,32H,15-17H2,1-3H3,(H,27,31)/t18-,19+. The molecule has 7 heteroatoms. The molecule has 2 heterocycles. The number of ketones is 1. The number of rotatable bonds is 7. The molecule has 0 spiro atoms. The molecular weight excluding hydrogens is 404 g/mol. The molecule has 1 aliphatic rings. The van der Waals surface area contributed by atoms with Crippen molar-refractivity contribution in [3.8, 4) is 0 Å². The molecule has 1 amide bonds. The van der Waals surface area contributed by atoms with Gasteiger partial charge in [-0.25, -0.2) is 10.5 Å². The second-order valence-electron chi connectivity index (χ2n) is 8.25. The zero-order valence-corrected chi connectivity index (χ0v) is 18.7. The number of carbonyl (C=O) groups excluding carboxylic acids is 2. The first kappa shape index (κ1) is 23.5. The second kappa shape index (κ2) is 10.9. The van der Waals surface area contributed by atoms with Crippen LogP contribution in [0.4, 0.5) is 0 Å². The first-order valence-electron chi connectivity index (χ1n) is 10.7. The van der Waals surface area contributed by atoms with Crippen LogP contribution in [0.5, 0.6) is 0 Å². The molecule has 7 nitrogen and oxygen atoms in total. The van der Waals surface area contributed by atoms with Crippen LogP contribution in [0.15, 0.2) is 54.6 Å². The number of hydrogen-bond donors (Lipinski definition) is 2. The zero-order valence-electron chi connectivity index (χ0n) is 18.7. The molecule has 0 aliphatic carbocycles. The topological polar surface area (TPSA) is 85.8 Å². The van der Waals surface area contributed by atoms with E-state index in [-0.39, 0.29) is 5.78 Å². The third-order valence-electron chi connectivity index (χ3n) is 5.79. The maximum absolute atomic E-state index is 12.6. The van der Waals surface area contributed by atoms with E-state index in [2.05, 4.69) is 35.7 Å². The number of benzene rings is 1. The number of likely N-dealkylation sites (N-methyl/N-ethyl adjacent to an activating group) is 1. The first-order valence-corrected chi connectivity index (χ1v) is 10.7. The van der Waals surface area contributed by atoms with E-state index in [0.717, 1.165) is 19.6 Å². The van der Waals surface area contributed by atoms with Gasteiger partial charge in [-0.2, -0.15) is 0 Å². The fraction of sp³-hybridized carbons (Fsp3) is 0.320. The minimum absolute atomic E-state index is 0.0965. The Morgan fingerprint density at radius 3 is 2.22 bits per heavy atom. The Bertz CT molecular complexity index is 989. The van der Waals surface area contributed by atoms with Crippen molar-refractivity contribution in [3.05, 3.63) is 77.1 Å². The van der Waals surface area contributed by atoms with Crippen molar-refractivity contribution >= 4 is 23.8 Å². The van der Waals surface area contributed by atoms with Gasteiger partial charge in [0.25, 0.3) is 5.91 Å². The monoisotopic (exact) mass is 434 g/mol. The molecule has 32 heavy (non-hydrogen) atoms. The van der Waals surface area contributed by atoms with Gasteiger partial charge in [-0.05, 0) is 56.8 Å². The molecule has 0 unspecified atom stereocenters. The van der Waals surface area contributed by atoms with Gasteiger partial charge in [-0.15, -0.1) is 0 Å². The second-order valence-corrected chi connectivity index (χ2v) is 8.25. The Morgan fingerprint density at radius 2 is 1.62 bits per heavy atom. The van der Waals surface area contributed by atoms with E-state index in [9.17, 15) is 9.59 Å². The number of nitrogens with zero attached hydrogens (tertiary/aromatic N) is 3. The van der Waals surface area contributed by atoms with Crippen LogP contribution in [-0.2, 0) is 11.3 Å². The van der Waals surface area contributed by atoms with Crippen molar-refractivity contribution in [3.63, 3.8) is 0 Å². The molecular formula is C25H30N4O3. The largest absolute Gasteiger partial charge is 0.298 e. The number of hydrogen-bond acceptors (Lipinski definition) is 6. The summed E-state index contributed by atoms with van der Waals surface area (Å²) < 4.78 is 0. The molecule has 168 valence electrons. The number of allylic oxidation sites excluding steroid dienone is 1. The molecule has 1 aromatic carbocycles. The minimum atomic E-state index is -0.636. The number of carbonyl (C=O) groups is 2. The van der Waals surface area contributed by atoms with E-state index < -0.39 is 5.91 Å². The molecule has 1 aromatic heterocycles. The van der Waals surface area contributed by atoms with Gasteiger partial charge >= 0.3 is 0 Å². The summed E-state index contributed by atoms with van der Waals surface area (Å²) in [7, 11) is 2.18. The molecule has 3 rings (SSSR count). The predicted molar refractivity (Wildman–Crippen MR) is 125 cm³/mol. The minimum Gasteiger partial charge on any atom is -0.298 e. The number of nitrogens with one attached hydrogen (secondary N) is 1. The molecule has 0 bridgehead atoms. The lowest BCUT2D eigenvalue weighted by atomic mass is 10.1. The first-order chi connectivity index (χ1) is 15.4. The van der Waals surface area contributed by atoms with Crippen molar-refractivity contribution in [2.75, 3.05) is 20.1 Å². The van der Waals surface area contributed by atoms with E-state index in [1.165, 1.54) is 29.3 Å². The summed E-state index contributed by atoms with van der Waals surface area (Å²) >= 11 is 0. The summed E-state index contributed by atoms with van der Waals surface area (Å²) in [4.78, 5) is 32.9. The summed E-state index contributed by atoms with van der Waals surface area (Å²) in [5.41, 5.74) is 4.48. The summed E-state index contributed by atoms with van der Waals surface area (Å²) in [5.74, 6) is -0.733. The number of amides is 1. The van der Waals surface area contributed by atoms with Gasteiger partial charge in [0.05, 0.1) is 11.4 Å². The fourth-order valence-corrected chi connectivity index (χ4v) is 3.79. The quantitative estimate of drug-likeness (QED) is 0.302. The van der Waals surface area contributed by atoms with E-state index in [1.807, 2.05) is 24.3 Å². The van der Waals surface area contributed by atoms with Crippen LogP contribution in [0, 0.1) is 0 Å². The van der Waals surface area contributed by atoms with Crippen LogP contribution >= 0.6 is 0 Å². The number of hydroxylamine groups is 1. The average Bonchev–Trinajstić information content (AvgIpc) is 2.80. The molecule has 1 saturated heterocycles. The summed E-state index contributed by atoms with van der Waals surface area (Å²) in [6, 6.07) is 14.1. The van der Waals surface area contributed by atoms with Gasteiger partial charge in [-0.1, -0.05) is 30.3 Å². The lowest BCUT2D eigenvalue weighted by molar-refractivity contribution is -0.124. The van der Waals surface area contributed by atoms with Crippen LogP contribution in [0.1, 0.15) is 41.2 Å². The predicted octanol–water partition coefficient (Wildman–Crippen LogP) is 3.02. The van der Waals surface area contributed by atoms with Crippen LogP contribution in [-0.4, -0.2) is 63.9 Å². The summed E-state index contributed by atoms with van der Waals surface area (Å²) in [5, 5.41) is 8.53. The maximum Gasteiger partial charge on any atom is 0.267 e. The van der Waals surface area contributed by atoms with E-state index in [4.69, 9.17) is 5.21 Å². The molecule has 2 N–H and O–H groups in total. The highest BCUT2D eigenvalue weighted by Crippen LogP contribution is 2.17. The lowest BCUT2D eigenvalue weighted by Gasteiger charge is -2.42. The highest BCUT2D eigenvalue weighted by atomic mass is 16.5. The van der Waals surface area contributed by atoms with Crippen molar-refractivity contribution in [2.45, 2.75) is 32.5 Å². The SMILES string of the molecule is C[C@@H]1CN(Cc2ccc(C(=O)C=Cc3cccc(C=CC(=O)NO)n3)cc2)C[C@H](C)N1C. The van der Waals surface area contributed by atoms with Gasteiger partial charge < -0.3 is 0 Å². The van der Waals surface area contributed by atoms with Gasteiger partial charge in [0, 0.05) is 43.4 Å². The third kappa shape index (κ3) is 6.43. The Labute approximate surface area is 189 Å². The molecule has 2 aromatic rings. The number of pyridine rings is 1. The normalized spacial score (nSPS) is 20.1. The fourth-order valence-electron chi connectivity index (χ4n) is 3.79. The maximum atomic E-state index is 12.6. The lowest BCUT2D eigenvalue weighted by Crippen LogP contribution is -2.54. The summed E-state index contributed by atoms with van der Waals surface area (Å²) in [6.07, 6.45) is 5.79. The smallest absolute Gasteiger partial charge is 0.267 e. The summed E-state index contributed by atoms with van der Waals surface area (Å²) in [6.45, 7) is 7.46. The Hall–Kier alpha value is -3.13. The van der Waals surface area contributed by atoms with Gasteiger partial charge in [-0.3, -0.25) is 24.6 Å².